The SMILES string of the molecule is Fc1ccc(NC(=S)NCC2CC2)c(F)c1. The molecule has 0 spiro atoms. The maximum atomic E-state index is 13.2. The Hall–Kier alpha value is -1.23. The molecule has 0 aromatic heterocycles. The summed E-state index contributed by atoms with van der Waals surface area (Å²) in [6, 6.07) is 3.34. The van der Waals surface area contributed by atoms with Gasteiger partial charge in [-0.1, -0.05) is 0 Å². The molecular weight excluding hydrogens is 230 g/mol. The molecule has 2 rings (SSSR count). The molecule has 0 atom stereocenters. The van der Waals surface area contributed by atoms with Crippen molar-refractivity contribution in [3.63, 3.8) is 0 Å². The van der Waals surface area contributed by atoms with Gasteiger partial charge in [-0.2, -0.15) is 0 Å². The van der Waals surface area contributed by atoms with Gasteiger partial charge in [0.15, 0.2) is 5.11 Å². The molecule has 0 saturated heterocycles. The summed E-state index contributed by atoms with van der Waals surface area (Å²) >= 11 is 4.99. The molecular formula is C11H12F2N2S. The molecule has 2 N–H and O–H groups in total. The first-order chi connectivity index (χ1) is 7.65. The van der Waals surface area contributed by atoms with Crippen molar-refractivity contribution in [3.8, 4) is 0 Å². The largest absolute Gasteiger partial charge is 0.362 e. The molecule has 1 aliphatic rings. The van der Waals surface area contributed by atoms with Crippen molar-refractivity contribution in [2.24, 2.45) is 5.92 Å². The first-order valence-electron chi connectivity index (χ1n) is 5.15. The Kier molecular flexibility index (Phi) is 3.33. The van der Waals surface area contributed by atoms with Gasteiger partial charge in [0.25, 0.3) is 0 Å². The zero-order valence-corrected chi connectivity index (χ0v) is 9.41. The highest BCUT2D eigenvalue weighted by atomic mass is 32.1. The molecule has 0 radical (unpaired) electrons. The molecule has 1 saturated carbocycles. The number of anilines is 1. The van der Waals surface area contributed by atoms with Crippen LogP contribution in [0.25, 0.3) is 0 Å². The minimum Gasteiger partial charge on any atom is -0.362 e. The molecule has 1 aliphatic carbocycles. The third kappa shape index (κ3) is 3.13. The Morgan fingerprint density at radius 2 is 2.12 bits per heavy atom. The molecule has 0 heterocycles. The van der Waals surface area contributed by atoms with E-state index in [4.69, 9.17) is 12.2 Å². The molecule has 1 fully saturated rings. The van der Waals surface area contributed by atoms with Crippen LogP contribution in [0.2, 0.25) is 0 Å². The van der Waals surface area contributed by atoms with Crippen molar-refractivity contribution in [3.05, 3.63) is 29.8 Å². The molecule has 86 valence electrons. The maximum Gasteiger partial charge on any atom is 0.170 e. The Bertz CT molecular complexity index is 405. The molecule has 0 amide bonds. The van der Waals surface area contributed by atoms with E-state index in [0.29, 0.717) is 11.0 Å². The summed E-state index contributed by atoms with van der Waals surface area (Å²) in [4.78, 5) is 0. The minimum atomic E-state index is -0.643. The lowest BCUT2D eigenvalue weighted by Crippen LogP contribution is -2.30. The Labute approximate surface area is 98.0 Å². The predicted octanol–water partition coefficient (Wildman–Crippen LogP) is 2.66. The van der Waals surface area contributed by atoms with E-state index in [1.54, 1.807) is 0 Å². The highest BCUT2D eigenvalue weighted by Gasteiger charge is 2.20. The Morgan fingerprint density at radius 1 is 1.38 bits per heavy atom. The van der Waals surface area contributed by atoms with Crippen LogP contribution in [0.1, 0.15) is 12.8 Å². The monoisotopic (exact) mass is 242 g/mol. The van der Waals surface area contributed by atoms with E-state index in [-0.39, 0.29) is 5.69 Å². The average Bonchev–Trinajstić information content (AvgIpc) is 3.03. The summed E-state index contributed by atoms with van der Waals surface area (Å²) in [5.41, 5.74) is 0.190. The van der Waals surface area contributed by atoms with Crippen molar-refractivity contribution >= 4 is 23.0 Å². The van der Waals surface area contributed by atoms with Crippen molar-refractivity contribution in [1.29, 1.82) is 0 Å². The topological polar surface area (TPSA) is 24.1 Å². The lowest BCUT2D eigenvalue weighted by atomic mass is 10.3. The van der Waals surface area contributed by atoms with Gasteiger partial charge in [0, 0.05) is 12.6 Å². The van der Waals surface area contributed by atoms with E-state index in [1.165, 1.54) is 25.0 Å². The van der Waals surface area contributed by atoms with E-state index in [9.17, 15) is 8.78 Å². The van der Waals surface area contributed by atoms with E-state index in [2.05, 4.69) is 10.6 Å². The van der Waals surface area contributed by atoms with E-state index in [1.807, 2.05) is 0 Å². The zero-order valence-electron chi connectivity index (χ0n) is 8.59. The van der Waals surface area contributed by atoms with Crippen LogP contribution in [0.3, 0.4) is 0 Å². The van der Waals surface area contributed by atoms with Gasteiger partial charge < -0.3 is 10.6 Å². The van der Waals surface area contributed by atoms with Crippen LogP contribution in [0.15, 0.2) is 18.2 Å². The van der Waals surface area contributed by atoms with Gasteiger partial charge in [0.1, 0.15) is 11.6 Å². The van der Waals surface area contributed by atoms with Gasteiger partial charge >= 0.3 is 0 Å². The summed E-state index contributed by atoms with van der Waals surface area (Å²) in [5.74, 6) is -0.548. The van der Waals surface area contributed by atoms with Gasteiger partial charge in [-0.15, -0.1) is 0 Å². The first kappa shape index (κ1) is 11.3. The van der Waals surface area contributed by atoms with Gasteiger partial charge in [0.2, 0.25) is 0 Å². The predicted molar refractivity (Wildman–Crippen MR) is 63.3 cm³/mol. The van der Waals surface area contributed by atoms with E-state index in [0.717, 1.165) is 12.6 Å². The molecule has 1 aromatic rings. The normalized spacial score (nSPS) is 14.6. The highest BCUT2D eigenvalue weighted by Crippen LogP contribution is 2.27. The lowest BCUT2D eigenvalue weighted by Gasteiger charge is -2.10. The molecule has 2 nitrogen and oxygen atoms in total. The van der Waals surface area contributed by atoms with E-state index >= 15 is 0 Å². The van der Waals surface area contributed by atoms with Crippen LogP contribution < -0.4 is 10.6 Å². The lowest BCUT2D eigenvalue weighted by molar-refractivity contribution is 0.586. The smallest absolute Gasteiger partial charge is 0.170 e. The van der Waals surface area contributed by atoms with Crippen LogP contribution in [0.4, 0.5) is 14.5 Å². The summed E-state index contributed by atoms with van der Waals surface area (Å²) in [6.07, 6.45) is 2.45. The van der Waals surface area contributed by atoms with E-state index < -0.39 is 11.6 Å². The van der Waals surface area contributed by atoms with Gasteiger partial charge in [-0.25, -0.2) is 8.78 Å². The highest BCUT2D eigenvalue weighted by molar-refractivity contribution is 7.80. The van der Waals surface area contributed by atoms with Crippen LogP contribution in [0, 0.1) is 17.6 Å². The molecule has 0 bridgehead atoms. The standard InChI is InChI=1S/C11H12F2N2S/c12-8-3-4-10(9(13)5-8)15-11(16)14-6-7-1-2-7/h3-5,7H,1-2,6H2,(H2,14,15,16). The van der Waals surface area contributed by atoms with Crippen LogP contribution in [0.5, 0.6) is 0 Å². The number of hydrogen-bond acceptors (Lipinski definition) is 1. The summed E-state index contributed by atoms with van der Waals surface area (Å²) in [7, 11) is 0. The maximum absolute atomic E-state index is 13.2. The first-order valence-corrected chi connectivity index (χ1v) is 5.56. The summed E-state index contributed by atoms with van der Waals surface area (Å²) in [6.45, 7) is 0.814. The number of thiocarbonyl (C=S) groups is 1. The van der Waals surface area contributed by atoms with Crippen molar-refractivity contribution < 1.29 is 8.78 Å². The molecule has 5 heteroatoms. The third-order valence-corrected chi connectivity index (χ3v) is 2.67. The number of rotatable bonds is 3. The number of benzene rings is 1. The van der Waals surface area contributed by atoms with Crippen LogP contribution in [-0.4, -0.2) is 11.7 Å². The second-order valence-electron chi connectivity index (χ2n) is 3.90. The molecule has 1 aromatic carbocycles. The summed E-state index contributed by atoms with van der Waals surface area (Å²) in [5, 5.41) is 6.07. The zero-order chi connectivity index (χ0) is 11.5. The van der Waals surface area contributed by atoms with Crippen LogP contribution in [-0.2, 0) is 0 Å². The Morgan fingerprint density at radius 3 is 2.75 bits per heavy atom. The molecule has 0 unspecified atom stereocenters. The fourth-order valence-corrected chi connectivity index (χ4v) is 1.51. The van der Waals surface area contributed by atoms with Crippen molar-refractivity contribution in [2.45, 2.75) is 12.8 Å². The van der Waals surface area contributed by atoms with Gasteiger partial charge in [-0.05, 0) is 43.1 Å². The fourth-order valence-electron chi connectivity index (χ4n) is 1.32. The second kappa shape index (κ2) is 4.74. The van der Waals surface area contributed by atoms with Gasteiger partial charge in [0.05, 0.1) is 5.69 Å². The number of halogens is 2. The number of nitrogens with one attached hydrogen (secondary N) is 2. The quantitative estimate of drug-likeness (QED) is 0.797. The second-order valence-corrected chi connectivity index (χ2v) is 4.31. The molecule has 16 heavy (non-hydrogen) atoms. The third-order valence-electron chi connectivity index (χ3n) is 2.43. The number of hydrogen-bond donors (Lipinski definition) is 2. The molecule has 0 aliphatic heterocycles. The Balaban J connectivity index is 1.89. The van der Waals surface area contributed by atoms with Crippen molar-refractivity contribution in [1.82, 2.24) is 5.32 Å². The summed E-state index contributed by atoms with van der Waals surface area (Å²) < 4.78 is 25.9. The van der Waals surface area contributed by atoms with Crippen molar-refractivity contribution in [2.75, 3.05) is 11.9 Å². The fraction of sp³-hybridized carbons (Fsp3) is 0.364. The van der Waals surface area contributed by atoms with Gasteiger partial charge in [-0.3, -0.25) is 0 Å². The minimum absolute atomic E-state index is 0.190. The average molecular weight is 242 g/mol. The van der Waals surface area contributed by atoms with Crippen LogP contribution >= 0.6 is 12.2 Å².